The number of fused-ring (bicyclic) bond motifs is 1. The van der Waals surface area contributed by atoms with Crippen molar-refractivity contribution < 1.29 is 9.47 Å². The summed E-state index contributed by atoms with van der Waals surface area (Å²) in [6, 6.07) is 13.9. The highest BCUT2D eigenvalue weighted by Crippen LogP contribution is 2.34. The van der Waals surface area contributed by atoms with E-state index in [1.165, 1.54) is 5.69 Å². The summed E-state index contributed by atoms with van der Waals surface area (Å²) in [5.41, 5.74) is 3.14. The number of rotatable bonds is 4. The van der Waals surface area contributed by atoms with E-state index in [9.17, 15) is 0 Å². The third-order valence-corrected chi connectivity index (χ3v) is 5.31. The van der Waals surface area contributed by atoms with Gasteiger partial charge in [0.15, 0.2) is 5.11 Å². The van der Waals surface area contributed by atoms with Gasteiger partial charge >= 0.3 is 0 Å². The van der Waals surface area contributed by atoms with E-state index in [2.05, 4.69) is 38.1 Å². The Morgan fingerprint density at radius 2 is 1.93 bits per heavy atom. The van der Waals surface area contributed by atoms with E-state index in [4.69, 9.17) is 21.7 Å². The highest BCUT2D eigenvalue weighted by atomic mass is 32.1. The Labute approximate surface area is 169 Å². The largest absolute Gasteiger partial charge is 0.497 e. The van der Waals surface area contributed by atoms with Gasteiger partial charge < -0.3 is 24.3 Å². The first-order valence-corrected chi connectivity index (χ1v) is 9.46. The van der Waals surface area contributed by atoms with Crippen molar-refractivity contribution in [1.82, 2.24) is 14.5 Å². The number of nitrogens with one attached hydrogen (secondary N) is 1. The summed E-state index contributed by atoms with van der Waals surface area (Å²) in [6.07, 6.45) is 5.75. The molecule has 1 N–H and O–H groups in total. The minimum atomic E-state index is 0.0170. The van der Waals surface area contributed by atoms with E-state index in [1.807, 2.05) is 42.7 Å². The standard InChI is InChI=1S/C21H22N4O2S/c1-26-16-5-6-19(27-2)17(14-16)23-21(28)25-13-12-24-11-3-4-18(24)20(25)15-7-9-22-10-8-15/h3-11,14,20H,12-13H2,1-2H3,(H,23,28). The summed E-state index contributed by atoms with van der Waals surface area (Å²) < 4.78 is 13.1. The Balaban J connectivity index is 1.67. The van der Waals surface area contributed by atoms with E-state index >= 15 is 0 Å². The number of pyridine rings is 1. The number of ether oxygens (including phenoxy) is 2. The molecule has 1 atom stereocenters. The second-order valence-corrected chi connectivity index (χ2v) is 6.89. The lowest BCUT2D eigenvalue weighted by Crippen LogP contribution is -2.44. The van der Waals surface area contributed by atoms with Crippen LogP contribution in [0.3, 0.4) is 0 Å². The van der Waals surface area contributed by atoms with Gasteiger partial charge in [-0.15, -0.1) is 0 Å². The normalized spacial score (nSPS) is 15.6. The predicted octanol–water partition coefficient (Wildman–Crippen LogP) is 3.70. The van der Waals surface area contributed by atoms with E-state index in [0.29, 0.717) is 10.9 Å². The van der Waals surface area contributed by atoms with Crippen molar-refractivity contribution in [2.24, 2.45) is 0 Å². The highest BCUT2D eigenvalue weighted by Gasteiger charge is 2.30. The van der Waals surface area contributed by atoms with Crippen molar-refractivity contribution in [3.63, 3.8) is 0 Å². The quantitative estimate of drug-likeness (QED) is 0.681. The minimum Gasteiger partial charge on any atom is -0.497 e. The molecule has 0 saturated carbocycles. The van der Waals surface area contributed by atoms with Gasteiger partial charge in [0, 0.05) is 43.4 Å². The maximum Gasteiger partial charge on any atom is 0.174 e. The molecular formula is C21H22N4O2S. The van der Waals surface area contributed by atoms with Crippen LogP contribution in [0.15, 0.2) is 61.1 Å². The Kier molecular flexibility index (Phi) is 5.16. The maximum absolute atomic E-state index is 5.82. The molecule has 6 nitrogen and oxygen atoms in total. The number of aromatic nitrogens is 2. The van der Waals surface area contributed by atoms with Gasteiger partial charge in [0.05, 0.1) is 25.9 Å². The second kappa shape index (κ2) is 7.90. The highest BCUT2D eigenvalue weighted by molar-refractivity contribution is 7.80. The van der Waals surface area contributed by atoms with Crippen LogP contribution in [0.5, 0.6) is 11.5 Å². The van der Waals surface area contributed by atoms with Crippen molar-refractivity contribution in [2.45, 2.75) is 12.6 Å². The lowest BCUT2D eigenvalue weighted by atomic mass is 10.0. The van der Waals surface area contributed by atoms with E-state index < -0.39 is 0 Å². The molecule has 0 radical (unpaired) electrons. The van der Waals surface area contributed by atoms with Gasteiger partial charge in [0.1, 0.15) is 11.5 Å². The molecule has 1 aliphatic heterocycles. The Hall–Kier alpha value is -3.06. The molecule has 28 heavy (non-hydrogen) atoms. The van der Waals surface area contributed by atoms with Gasteiger partial charge in [-0.05, 0) is 54.2 Å². The van der Waals surface area contributed by atoms with Crippen LogP contribution in [-0.4, -0.2) is 40.3 Å². The summed E-state index contributed by atoms with van der Waals surface area (Å²) in [6.45, 7) is 1.67. The van der Waals surface area contributed by atoms with Gasteiger partial charge in [0.2, 0.25) is 0 Å². The van der Waals surface area contributed by atoms with Crippen molar-refractivity contribution in [1.29, 1.82) is 0 Å². The van der Waals surface area contributed by atoms with Crippen LogP contribution in [0.2, 0.25) is 0 Å². The van der Waals surface area contributed by atoms with Gasteiger partial charge in [-0.1, -0.05) is 0 Å². The molecule has 0 amide bonds. The van der Waals surface area contributed by atoms with Crippen LogP contribution in [0.1, 0.15) is 17.3 Å². The van der Waals surface area contributed by atoms with Gasteiger partial charge in [0.25, 0.3) is 0 Å². The molecule has 0 aliphatic carbocycles. The number of anilines is 1. The van der Waals surface area contributed by atoms with Crippen LogP contribution in [0.25, 0.3) is 0 Å². The SMILES string of the molecule is COc1ccc(OC)c(NC(=S)N2CCn3cccc3C2c2ccncc2)c1. The molecular weight excluding hydrogens is 372 g/mol. The van der Waals surface area contributed by atoms with E-state index in [1.54, 1.807) is 14.2 Å². The summed E-state index contributed by atoms with van der Waals surface area (Å²) in [7, 11) is 3.28. The van der Waals surface area contributed by atoms with E-state index in [0.717, 1.165) is 30.1 Å². The molecule has 1 aliphatic rings. The van der Waals surface area contributed by atoms with Crippen LogP contribution in [-0.2, 0) is 6.54 Å². The van der Waals surface area contributed by atoms with Gasteiger partial charge in [-0.2, -0.15) is 0 Å². The molecule has 2 aromatic heterocycles. The second-order valence-electron chi connectivity index (χ2n) is 6.50. The van der Waals surface area contributed by atoms with Crippen molar-refractivity contribution >= 4 is 23.0 Å². The van der Waals surface area contributed by atoms with Crippen molar-refractivity contribution in [2.75, 3.05) is 26.1 Å². The molecule has 4 rings (SSSR count). The fourth-order valence-corrected chi connectivity index (χ4v) is 3.90. The third kappa shape index (κ3) is 3.41. The van der Waals surface area contributed by atoms with Crippen LogP contribution in [0.4, 0.5) is 5.69 Å². The minimum absolute atomic E-state index is 0.0170. The number of hydrogen-bond donors (Lipinski definition) is 1. The fraction of sp³-hybridized carbons (Fsp3) is 0.238. The summed E-state index contributed by atoms with van der Waals surface area (Å²) >= 11 is 5.82. The average Bonchev–Trinajstić information content (AvgIpc) is 3.22. The Morgan fingerprint density at radius 1 is 1.11 bits per heavy atom. The number of thiocarbonyl (C=S) groups is 1. The molecule has 0 spiro atoms. The number of benzene rings is 1. The zero-order valence-corrected chi connectivity index (χ0v) is 16.6. The number of methoxy groups -OCH3 is 2. The van der Waals surface area contributed by atoms with Crippen molar-refractivity contribution in [3.8, 4) is 11.5 Å². The third-order valence-electron chi connectivity index (χ3n) is 4.97. The Bertz CT molecular complexity index is 974. The van der Waals surface area contributed by atoms with Crippen LogP contribution < -0.4 is 14.8 Å². The first-order valence-electron chi connectivity index (χ1n) is 9.06. The first kappa shape index (κ1) is 18.3. The lowest BCUT2D eigenvalue weighted by molar-refractivity contribution is 0.293. The molecule has 0 saturated heterocycles. The maximum atomic E-state index is 5.82. The van der Waals surface area contributed by atoms with Crippen LogP contribution >= 0.6 is 12.2 Å². The smallest absolute Gasteiger partial charge is 0.174 e. The Morgan fingerprint density at radius 3 is 2.68 bits per heavy atom. The zero-order chi connectivity index (χ0) is 19.5. The molecule has 7 heteroatoms. The topological polar surface area (TPSA) is 51.6 Å². The number of nitrogens with zero attached hydrogens (tertiary/aromatic N) is 3. The molecule has 3 aromatic rings. The molecule has 3 heterocycles. The lowest BCUT2D eigenvalue weighted by Gasteiger charge is -2.39. The average molecular weight is 395 g/mol. The summed E-state index contributed by atoms with van der Waals surface area (Å²) in [5.74, 6) is 1.45. The summed E-state index contributed by atoms with van der Waals surface area (Å²) in [5, 5.41) is 4.00. The molecule has 1 aromatic carbocycles. The van der Waals surface area contributed by atoms with Crippen molar-refractivity contribution in [3.05, 3.63) is 72.3 Å². The predicted molar refractivity (Wildman–Crippen MR) is 113 cm³/mol. The van der Waals surface area contributed by atoms with Gasteiger partial charge in [-0.25, -0.2) is 0 Å². The molecule has 0 fully saturated rings. The monoisotopic (exact) mass is 394 g/mol. The molecule has 144 valence electrons. The molecule has 1 unspecified atom stereocenters. The first-order chi connectivity index (χ1) is 13.7. The number of hydrogen-bond acceptors (Lipinski definition) is 4. The summed E-state index contributed by atoms with van der Waals surface area (Å²) in [4.78, 5) is 6.37. The van der Waals surface area contributed by atoms with E-state index in [-0.39, 0.29) is 6.04 Å². The fourth-order valence-electron chi connectivity index (χ4n) is 3.60. The van der Waals surface area contributed by atoms with Crippen LogP contribution in [0, 0.1) is 0 Å². The van der Waals surface area contributed by atoms with Gasteiger partial charge in [-0.3, -0.25) is 4.98 Å². The molecule has 0 bridgehead atoms. The zero-order valence-electron chi connectivity index (χ0n) is 15.8.